The quantitative estimate of drug-likeness (QED) is 0.832. The van der Waals surface area contributed by atoms with E-state index in [0.717, 1.165) is 21.5 Å². The van der Waals surface area contributed by atoms with Crippen LogP contribution >= 0.6 is 27.3 Å². The van der Waals surface area contributed by atoms with Gasteiger partial charge in [0.1, 0.15) is 6.04 Å². The zero-order valence-corrected chi connectivity index (χ0v) is 12.7. The fourth-order valence-corrected chi connectivity index (χ4v) is 3.96. The fourth-order valence-electron chi connectivity index (χ4n) is 2.47. The summed E-state index contributed by atoms with van der Waals surface area (Å²) in [6.07, 6.45) is 7.41. The predicted molar refractivity (Wildman–Crippen MR) is 78.6 cm³/mol. The van der Waals surface area contributed by atoms with Gasteiger partial charge in [-0.3, -0.25) is 10.1 Å². The number of amides is 1. The lowest BCUT2D eigenvalue weighted by Crippen LogP contribution is -2.39. The van der Waals surface area contributed by atoms with Gasteiger partial charge in [0.25, 0.3) is 0 Å². The van der Waals surface area contributed by atoms with Gasteiger partial charge in [-0.05, 0) is 40.9 Å². The largest absolute Gasteiger partial charge is 0.368 e. The maximum atomic E-state index is 11.6. The highest BCUT2D eigenvalue weighted by molar-refractivity contribution is 9.11. The number of carbonyl (C=O) groups is 1. The van der Waals surface area contributed by atoms with Crippen molar-refractivity contribution in [3.05, 3.63) is 20.8 Å². The third kappa shape index (κ3) is 3.80. The van der Waals surface area contributed by atoms with Crippen molar-refractivity contribution in [3.8, 4) is 0 Å². The Morgan fingerprint density at radius 3 is 2.50 bits per heavy atom. The Kier molecular flexibility index (Phi) is 5.21. The molecule has 1 fully saturated rings. The molecule has 100 valence electrons. The Balaban J connectivity index is 2.04. The first-order valence-electron chi connectivity index (χ1n) is 6.47. The van der Waals surface area contributed by atoms with Crippen LogP contribution in [0, 0.1) is 0 Å². The Morgan fingerprint density at radius 2 is 2.00 bits per heavy atom. The van der Waals surface area contributed by atoms with Gasteiger partial charge in [-0.2, -0.15) is 0 Å². The van der Waals surface area contributed by atoms with Crippen LogP contribution in [0.25, 0.3) is 0 Å². The molecule has 0 bridgehead atoms. The fraction of sp³-hybridized carbons (Fsp3) is 0.615. The van der Waals surface area contributed by atoms with E-state index in [1.54, 1.807) is 11.3 Å². The standard InChI is InChI=1S/C13H19BrN2OS/c14-11-8-7-10(18-11)12(13(15)17)16-9-5-3-1-2-4-6-9/h7-9,12,16H,1-6H2,(H2,15,17). The zero-order valence-electron chi connectivity index (χ0n) is 10.3. The lowest BCUT2D eigenvalue weighted by Gasteiger charge is -2.22. The van der Waals surface area contributed by atoms with Crippen molar-refractivity contribution in [1.82, 2.24) is 5.32 Å². The smallest absolute Gasteiger partial charge is 0.240 e. The zero-order chi connectivity index (χ0) is 13.0. The minimum Gasteiger partial charge on any atom is -0.368 e. The summed E-state index contributed by atoms with van der Waals surface area (Å²) in [5.41, 5.74) is 5.52. The number of hydrogen-bond donors (Lipinski definition) is 2. The van der Waals surface area contributed by atoms with Crippen molar-refractivity contribution in [2.75, 3.05) is 0 Å². The molecule has 3 nitrogen and oxygen atoms in total. The predicted octanol–water partition coefficient (Wildman–Crippen LogP) is 3.35. The highest BCUT2D eigenvalue weighted by Gasteiger charge is 2.23. The summed E-state index contributed by atoms with van der Waals surface area (Å²) in [5.74, 6) is -0.284. The molecule has 1 atom stereocenters. The molecule has 2 rings (SSSR count). The van der Waals surface area contributed by atoms with Crippen LogP contribution in [0.2, 0.25) is 0 Å². The molecule has 1 aliphatic rings. The van der Waals surface area contributed by atoms with E-state index in [0.29, 0.717) is 6.04 Å². The molecule has 1 unspecified atom stereocenters. The van der Waals surface area contributed by atoms with E-state index in [1.807, 2.05) is 12.1 Å². The molecule has 0 spiro atoms. The Bertz CT molecular complexity index is 399. The van der Waals surface area contributed by atoms with Crippen LogP contribution in [0.1, 0.15) is 49.4 Å². The van der Waals surface area contributed by atoms with E-state index in [2.05, 4.69) is 21.2 Å². The minimum atomic E-state index is -0.343. The van der Waals surface area contributed by atoms with E-state index >= 15 is 0 Å². The Hall–Kier alpha value is -0.390. The molecule has 1 aliphatic carbocycles. The minimum absolute atomic E-state index is 0.284. The van der Waals surface area contributed by atoms with Crippen LogP contribution < -0.4 is 11.1 Å². The van der Waals surface area contributed by atoms with Gasteiger partial charge < -0.3 is 5.73 Å². The van der Waals surface area contributed by atoms with Crippen LogP contribution in [0.3, 0.4) is 0 Å². The van der Waals surface area contributed by atoms with Crippen molar-refractivity contribution in [2.24, 2.45) is 5.73 Å². The summed E-state index contributed by atoms with van der Waals surface area (Å²) in [4.78, 5) is 12.6. The maximum absolute atomic E-state index is 11.6. The second-order valence-electron chi connectivity index (χ2n) is 4.83. The van der Waals surface area contributed by atoms with Crippen LogP contribution in [0.4, 0.5) is 0 Å². The van der Waals surface area contributed by atoms with Crippen LogP contribution in [0.5, 0.6) is 0 Å². The van der Waals surface area contributed by atoms with Crippen LogP contribution in [-0.4, -0.2) is 11.9 Å². The number of hydrogen-bond acceptors (Lipinski definition) is 3. The number of halogens is 1. The van der Waals surface area contributed by atoms with Crippen molar-refractivity contribution in [3.63, 3.8) is 0 Å². The molecule has 3 N–H and O–H groups in total. The molecule has 0 saturated heterocycles. The van der Waals surface area contributed by atoms with Gasteiger partial charge in [0.15, 0.2) is 0 Å². The second kappa shape index (κ2) is 6.68. The number of rotatable bonds is 4. The van der Waals surface area contributed by atoms with Gasteiger partial charge in [-0.15, -0.1) is 11.3 Å². The average Bonchev–Trinajstić information content (AvgIpc) is 2.61. The summed E-state index contributed by atoms with van der Waals surface area (Å²) in [5, 5.41) is 3.44. The summed E-state index contributed by atoms with van der Waals surface area (Å²) in [6.45, 7) is 0. The number of carbonyl (C=O) groups excluding carboxylic acids is 1. The molecule has 0 aliphatic heterocycles. The van der Waals surface area contributed by atoms with Gasteiger partial charge in [-0.1, -0.05) is 25.7 Å². The second-order valence-corrected chi connectivity index (χ2v) is 7.33. The third-order valence-corrected chi connectivity index (χ3v) is 5.11. The Morgan fingerprint density at radius 1 is 1.33 bits per heavy atom. The molecular formula is C13H19BrN2OS. The topological polar surface area (TPSA) is 55.1 Å². The molecule has 1 heterocycles. The van der Waals surface area contributed by atoms with Crippen LogP contribution in [0.15, 0.2) is 15.9 Å². The van der Waals surface area contributed by atoms with Gasteiger partial charge in [-0.25, -0.2) is 0 Å². The van der Waals surface area contributed by atoms with E-state index in [9.17, 15) is 4.79 Å². The normalized spacial score (nSPS) is 19.4. The third-order valence-electron chi connectivity index (χ3n) is 3.42. The van der Waals surface area contributed by atoms with E-state index in [4.69, 9.17) is 5.73 Å². The summed E-state index contributed by atoms with van der Waals surface area (Å²) >= 11 is 5.00. The summed E-state index contributed by atoms with van der Waals surface area (Å²) < 4.78 is 1.03. The molecule has 5 heteroatoms. The first-order valence-corrected chi connectivity index (χ1v) is 8.08. The van der Waals surface area contributed by atoms with E-state index < -0.39 is 0 Å². The molecule has 18 heavy (non-hydrogen) atoms. The monoisotopic (exact) mass is 330 g/mol. The first-order chi connectivity index (χ1) is 8.66. The first kappa shape index (κ1) is 14.0. The number of nitrogens with two attached hydrogens (primary N) is 1. The van der Waals surface area contributed by atoms with Crippen molar-refractivity contribution < 1.29 is 4.79 Å². The van der Waals surface area contributed by atoms with Gasteiger partial charge in [0, 0.05) is 10.9 Å². The molecule has 0 radical (unpaired) electrons. The highest BCUT2D eigenvalue weighted by atomic mass is 79.9. The van der Waals surface area contributed by atoms with Gasteiger partial charge in [0.05, 0.1) is 3.79 Å². The number of primary amides is 1. The average molecular weight is 331 g/mol. The summed E-state index contributed by atoms with van der Waals surface area (Å²) in [6, 6.07) is 4.01. The van der Waals surface area contributed by atoms with Crippen molar-refractivity contribution in [2.45, 2.75) is 50.6 Å². The van der Waals surface area contributed by atoms with Crippen molar-refractivity contribution >= 4 is 33.2 Å². The van der Waals surface area contributed by atoms with E-state index in [1.165, 1.54) is 25.7 Å². The maximum Gasteiger partial charge on any atom is 0.240 e. The molecule has 1 aromatic rings. The molecular weight excluding hydrogens is 312 g/mol. The van der Waals surface area contributed by atoms with Crippen LogP contribution in [-0.2, 0) is 4.79 Å². The molecule has 0 aromatic carbocycles. The lowest BCUT2D eigenvalue weighted by molar-refractivity contribution is -0.120. The molecule has 1 amide bonds. The molecule has 1 saturated carbocycles. The number of thiophene rings is 1. The number of nitrogens with one attached hydrogen (secondary N) is 1. The van der Waals surface area contributed by atoms with Gasteiger partial charge in [0.2, 0.25) is 5.91 Å². The van der Waals surface area contributed by atoms with Gasteiger partial charge >= 0.3 is 0 Å². The van der Waals surface area contributed by atoms with Crippen molar-refractivity contribution in [1.29, 1.82) is 0 Å². The SMILES string of the molecule is NC(=O)C(NC1CCCCCC1)c1ccc(Br)s1. The van der Waals surface area contributed by atoms with E-state index in [-0.39, 0.29) is 11.9 Å². The lowest BCUT2D eigenvalue weighted by atomic mass is 10.1. The highest BCUT2D eigenvalue weighted by Crippen LogP contribution is 2.28. The summed E-state index contributed by atoms with van der Waals surface area (Å²) in [7, 11) is 0. The Labute approximate surface area is 120 Å². The molecule has 1 aromatic heterocycles.